The maximum Gasteiger partial charge on any atom is 0.238 e. The summed E-state index contributed by atoms with van der Waals surface area (Å²) in [4.78, 5) is 0.149. The summed E-state index contributed by atoms with van der Waals surface area (Å²) in [6.45, 7) is 0. The number of sulfonamides is 1. The molecular weight excluding hydrogens is 206 g/mol. The van der Waals surface area contributed by atoms with E-state index in [1.54, 1.807) is 12.1 Å². The van der Waals surface area contributed by atoms with Gasteiger partial charge in [0.1, 0.15) is 0 Å². The predicted molar refractivity (Wildman–Crippen MR) is 55.4 cm³/mol. The Morgan fingerprint density at radius 3 is 2.15 bits per heavy atom. The van der Waals surface area contributed by atoms with E-state index in [0.717, 1.165) is 17.7 Å². The zero-order chi connectivity index (χ0) is 9.90. The monoisotopic (exact) mass is 217 g/mol. The average molecular weight is 217 g/mol. The largest absolute Gasteiger partial charge is 0.238 e. The third kappa shape index (κ3) is 3.02. The number of hydrogen-bond donors (Lipinski definition) is 2. The van der Waals surface area contributed by atoms with Crippen LogP contribution >= 0.6 is 12.6 Å². The van der Waals surface area contributed by atoms with Crippen LogP contribution in [0.4, 0.5) is 0 Å². The summed E-state index contributed by atoms with van der Waals surface area (Å²) in [5, 5.41) is 4.94. The fraction of sp³-hybridized carbons (Fsp3) is 0.250. The number of aryl methyl sites for hydroxylation is 1. The molecule has 0 aliphatic rings. The lowest BCUT2D eigenvalue weighted by atomic mass is 10.2. The van der Waals surface area contributed by atoms with Crippen LogP contribution in [0.25, 0.3) is 0 Å². The first-order valence-corrected chi connectivity index (χ1v) is 5.94. The number of nitrogens with two attached hydrogens (primary N) is 1. The maximum atomic E-state index is 10.9. The first-order chi connectivity index (χ1) is 6.04. The van der Waals surface area contributed by atoms with E-state index in [1.165, 1.54) is 12.1 Å². The van der Waals surface area contributed by atoms with E-state index in [4.69, 9.17) is 5.14 Å². The fourth-order valence-electron chi connectivity index (χ4n) is 0.975. The Balaban J connectivity index is 2.94. The molecule has 1 aromatic carbocycles. The van der Waals surface area contributed by atoms with Gasteiger partial charge in [-0.2, -0.15) is 12.6 Å². The highest BCUT2D eigenvalue weighted by atomic mass is 32.2. The van der Waals surface area contributed by atoms with Gasteiger partial charge in [-0.25, -0.2) is 13.6 Å². The normalized spacial score (nSPS) is 11.5. The van der Waals surface area contributed by atoms with E-state index in [2.05, 4.69) is 12.6 Å². The van der Waals surface area contributed by atoms with Gasteiger partial charge in [-0.1, -0.05) is 12.1 Å². The average Bonchev–Trinajstić information content (AvgIpc) is 2.04. The van der Waals surface area contributed by atoms with Crippen molar-refractivity contribution in [3.8, 4) is 0 Å². The molecule has 0 heterocycles. The summed E-state index contributed by atoms with van der Waals surface area (Å²) in [6.07, 6.45) is 0.827. The van der Waals surface area contributed by atoms with Gasteiger partial charge < -0.3 is 0 Å². The Kier molecular flexibility index (Phi) is 3.35. The van der Waals surface area contributed by atoms with E-state index in [9.17, 15) is 8.42 Å². The quantitative estimate of drug-likeness (QED) is 0.736. The van der Waals surface area contributed by atoms with Crippen molar-refractivity contribution in [2.45, 2.75) is 11.3 Å². The molecule has 72 valence electrons. The maximum absolute atomic E-state index is 10.9. The molecule has 1 rings (SSSR count). The van der Waals surface area contributed by atoms with Crippen LogP contribution in [-0.2, 0) is 16.4 Å². The van der Waals surface area contributed by atoms with Crippen LogP contribution in [0, 0.1) is 0 Å². The van der Waals surface area contributed by atoms with E-state index in [1.807, 2.05) is 0 Å². The summed E-state index contributed by atoms with van der Waals surface area (Å²) >= 11 is 4.07. The van der Waals surface area contributed by atoms with Crippen LogP contribution in [0.5, 0.6) is 0 Å². The Hall–Kier alpha value is -0.520. The lowest BCUT2D eigenvalue weighted by Gasteiger charge is -2.00. The SMILES string of the molecule is NS(=O)(=O)c1ccc(CCS)cc1. The lowest BCUT2D eigenvalue weighted by molar-refractivity contribution is 0.598. The predicted octanol–water partition coefficient (Wildman–Crippen LogP) is 0.806. The van der Waals surface area contributed by atoms with Crippen molar-refractivity contribution < 1.29 is 8.42 Å². The highest BCUT2D eigenvalue weighted by molar-refractivity contribution is 7.89. The van der Waals surface area contributed by atoms with Crippen LogP contribution in [-0.4, -0.2) is 14.2 Å². The van der Waals surface area contributed by atoms with Crippen LogP contribution < -0.4 is 5.14 Å². The van der Waals surface area contributed by atoms with Crippen LogP contribution in [0.3, 0.4) is 0 Å². The van der Waals surface area contributed by atoms with Gasteiger partial charge >= 0.3 is 0 Å². The molecule has 0 saturated carbocycles. The van der Waals surface area contributed by atoms with Crippen LogP contribution in [0.15, 0.2) is 29.2 Å². The van der Waals surface area contributed by atoms with Crippen molar-refractivity contribution in [2.75, 3.05) is 5.75 Å². The van der Waals surface area contributed by atoms with Crippen molar-refractivity contribution in [3.05, 3.63) is 29.8 Å². The Morgan fingerprint density at radius 2 is 1.77 bits per heavy atom. The molecule has 0 fully saturated rings. The zero-order valence-electron chi connectivity index (χ0n) is 6.97. The number of primary sulfonamides is 1. The zero-order valence-corrected chi connectivity index (χ0v) is 8.68. The van der Waals surface area contributed by atoms with E-state index < -0.39 is 10.0 Å². The molecule has 2 N–H and O–H groups in total. The summed E-state index contributed by atoms with van der Waals surface area (Å²) in [7, 11) is -3.55. The molecule has 0 spiro atoms. The minimum absolute atomic E-state index is 0.149. The second-order valence-electron chi connectivity index (χ2n) is 2.66. The molecule has 0 unspecified atom stereocenters. The topological polar surface area (TPSA) is 60.2 Å². The molecule has 1 aromatic rings. The Labute approximate surface area is 83.4 Å². The van der Waals surface area contributed by atoms with Crippen LogP contribution in [0.2, 0.25) is 0 Å². The molecule has 0 aliphatic carbocycles. The molecule has 5 heteroatoms. The lowest BCUT2D eigenvalue weighted by Crippen LogP contribution is -2.11. The minimum atomic E-state index is -3.55. The second kappa shape index (κ2) is 4.13. The van der Waals surface area contributed by atoms with Crippen molar-refractivity contribution in [2.24, 2.45) is 5.14 Å². The number of rotatable bonds is 3. The van der Waals surface area contributed by atoms with Crippen LogP contribution in [0.1, 0.15) is 5.56 Å². The third-order valence-electron chi connectivity index (χ3n) is 1.65. The van der Waals surface area contributed by atoms with Gasteiger partial charge in [0.25, 0.3) is 0 Å². The minimum Gasteiger partial charge on any atom is -0.225 e. The molecule has 3 nitrogen and oxygen atoms in total. The molecule has 0 bridgehead atoms. The van der Waals surface area contributed by atoms with Crippen molar-refractivity contribution in [1.82, 2.24) is 0 Å². The smallest absolute Gasteiger partial charge is 0.225 e. The van der Waals surface area contributed by atoms with Gasteiger partial charge in [0.2, 0.25) is 10.0 Å². The molecule has 0 amide bonds. The van der Waals surface area contributed by atoms with Gasteiger partial charge in [0.05, 0.1) is 4.90 Å². The third-order valence-corrected chi connectivity index (χ3v) is 2.81. The fourth-order valence-corrected chi connectivity index (χ4v) is 1.75. The summed E-state index contributed by atoms with van der Waals surface area (Å²) < 4.78 is 21.7. The van der Waals surface area contributed by atoms with Gasteiger partial charge in [0.15, 0.2) is 0 Å². The molecule has 0 atom stereocenters. The standard InChI is InChI=1S/C8H11NO2S2/c9-13(10,11)8-3-1-7(2-4-8)5-6-12/h1-4,12H,5-6H2,(H2,9,10,11). The Morgan fingerprint density at radius 1 is 1.23 bits per heavy atom. The van der Waals surface area contributed by atoms with Gasteiger partial charge in [-0.05, 0) is 29.9 Å². The molecule has 13 heavy (non-hydrogen) atoms. The summed E-state index contributed by atoms with van der Waals surface area (Å²) in [6, 6.07) is 6.51. The second-order valence-corrected chi connectivity index (χ2v) is 4.67. The first kappa shape index (κ1) is 10.6. The summed E-state index contributed by atoms with van der Waals surface area (Å²) in [5.74, 6) is 0.745. The first-order valence-electron chi connectivity index (χ1n) is 3.76. The molecule has 0 aromatic heterocycles. The molecule has 0 saturated heterocycles. The van der Waals surface area contributed by atoms with E-state index >= 15 is 0 Å². The number of hydrogen-bond acceptors (Lipinski definition) is 3. The van der Waals surface area contributed by atoms with E-state index in [-0.39, 0.29) is 4.90 Å². The van der Waals surface area contributed by atoms with Gasteiger partial charge in [-0.3, -0.25) is 0 Å². The number of benzene rings is 1. The summed E-state index contributed by atoms with van der Waals surface area (Å²) in [5.41, 5.74) is 1.06. The van der Waals surface area contributed by atoms with Crippen molar-refractivity contribution >= 4 is 22.7 Å². The number of thiol groups is 1. The molecular formula is C8H11NO2S2. The van der Waals surface area contributed by atoms with Gasteiger partial charge in [0, 0.05) is 0 Å². The Bertz CT molecular complexity index is 370. The van der Waals surface area contributed by atoms with Crippen molar-refractivity contribution in [3.63, 3.8) is 0 Å². The highest BCUT2D eigenvalue weighted by Crippen LogP contribution is 2.09. The highest BCUT2D eigenvalue weighted by Gasteiger charge is 2.05. The van der Waals surface area contributed by atoms with Gasteiger partial charge in [-0.15, -0.1) is 0 Å². The molecule has 0 aliphatic heterocycles. The van der Waals surface area contributed by atoms with E-state index in [0.29, 0.717) is 0 Å². The molecule has 0 radical (unpaired) electrons. The van der Waals surface area contributed by atoms with Crippen molar-refractivity contribution in [1.29, 1.82) is 0 Å².